The van der Waals surface area contributed by atoms with Gasteiger partial charge in [-0.2, -0.15) is 21.6 Å². The number of alkyl halides is 3. The first-order chi connectivity index (χ1) is 11.8. The van der Waals surface area contributed by atoms with E-state index in [1.807, 2.05) is 0 Å². The molecule has 0 bridgehead atoms. The van der Waals surface area contributed by atoms with Gasteiger partial charge in [0.2, 0.25) is 0 Å². The van der Waals surface area contributed by atoms with Crippen LogP contribution in [0.1, 0.15) is 32.4 Å². The fraction of sp³-hybridized carbons (Fsp3) is 0.467. The standard InChI is InChI=1S/C15H16F3NO6S/c1-14(2,3)24-13(21)19-11(8-20)12(19)9-4-6-10(7-5-9)25-26(22,23)15(16,17)18/h4-8,11-12H,1-3H3/t11-,12-,19?/m1/s1. The van der Waals surface area contributed by atoms with Crippen LogP contribution in [-0.2, 0) is 19.6 Å². The van der Waals surface area contributed by atoms with Crippen molar-refractivity contribution in [3.8, 4) is 5.75 Å². The third-order valence-corrected chi connectivity index (χ3v) is 4.29. The van der Waals surface area contributed by atoms with E-state index in [0.717, 1.165) is 12.1 Å². The van der Waals surface area contributed by atoms with Crippen LogP contribution in [-0.4, -0.2) is 42.8 Å². The van der Waals surface area contributed by atoms with E-state index in [1.165, 1.54) is 17.0 Å². The minimum Gasteiger partial charge on any atom is -0.444 e. The molecule has 1 saturated heterocycles. The first-order valence-corrected chi connectivity index (χ1v) is 8.75. The number of aldehydes is 1. The summed E-state index contributed by atoms with van der Waals surface area (Å²) in [5.74, 6) is -0.543. The molecule has 2 rings (SSSR count). The molecule has 0 radical (unpaired) electrons. The first kappa shape index (κ1) is 20.0. The van der Waals surface area contributed by atoms with E-state index in [2.05, 4.69) is 4.18 Å². The molecular weight excluding hydrogens is 379 g/mol. The zero-order chi connectivity index (χ0) is 19.9. The molecule has 144 valence electrons. The van der Waals surface area contributed by atoms with Gasteiger partial charge >= 0.3 is 21.7 Å². The van der Waals surface area contributed by atoms with Crippen LogP contribution in [0, 0.1) is 0 Å². The maximum atomic E-state index is 12.3. The number of ether oxygens (including phenoxy) is 1. The molecule has 1 heterocycles. The van der Waals surface area contributed by atoms with Crippen LogP contribution in [0.15, 0.2) is 24.3 Å². The van der Waals surface area contributed by atoms with Crippen LogP contribution in [0.2, 0.25) is 0 Å². The smallest absolute Gasteiger partial charge is 0.444 e. The summed E-state index contributed by atoms with van der Waals surface area (Å²) in [5, 5.41) is 0. The molecule has 0 saturated carbocycles. The van der Waals surface area contributed by atoms with Crippen molar-refractivity contribution in [1.29, 1.82) is 0 Å². The van der Waals surface area contributed by atoms with Crippen molar-refractivity contribution >= 4 is 22.5 Å². The number of hydrogen-bond acceptors (Lipinski definition) is 6. The average Bonchev–Trinajstić information content (AvgIpc) is 3.19. The average molecular weight is 395 g/mol. The number of rotatable bonds is 4. The molecule has 1 aliphatic heterocycles. The van der Waals surface area contributed by atoms with Crippen LogP contribution in [0.5, 0.6) is 5.75 Å². The van der Waals surface area contributed by atoms with Crippen LogP contribution in [0.4, 0.5) is 18.0 Å². The Morgan fingerprint density at radius 1 is 1.15 bits per heavy atom. The predicted octanol–water partition coefficient (Wildman–Crippen LogP) is 2.77. The molecule has 0 spiro atoms. The van der Waals surface area contributed by atoms with E-state index in [-0.39, 0.29) is 0 Å². The number of carbonyl (C=O) groups is 2. The number of hydrogen-bond donors (Lipinski definition) is 0. The van der Waals surface area contributed by atoms with Crippen molar-refractivity contribution in [2.45, 2.75) is 44.0 Å². The van der Waals surface area contributed by atoms with Crippen LogP contribution >= 0.6 is 0 Å². The van der Waals surface area contributed by atoms with Gasteiger partial charge in [0.15, 0.2) is 0 Å². The molecule has 7 nitrogen and oxygen atoms in total. The summed E-state index contributed by atoms with van der Waals surface area (Å²) in [6, 6.07) is 3.14. The topological polar surface area (TPSA) is 89.8 Å². The number of carbonyl (C=O) groups excluding carboxylic acids is 2. The Morgan fingerprint density at radius 2 is 1.69 bits per heavy atom. The van der Waals surface area contributed by atoms with Gasteiger partial charge < -0.3 is 13.7 Å². The molecule has 26 heavy (non-hydrogen) atoms. The number of halogens is 3. The highest BCUT2D eigenvalue weighted by Crippen LogP contribution is 2.43. The summed E-state index contributed by atoms with van der Waals surface area (Å²) in [5.41, 5.74) is -5.88. The number of amides is 1. The van der Waals surface area contributed by atoms with Crippen molar-refractivity contribution in [2.75, 3.05) is 0 Å². The van der Waals surface area contributed by atoms with E-state index in [1.54, 1.807) is 20.8 Å². The van der Waals surface area contributed by atoms with Crippen molar-refractivity contribution in [3.63, 3.8) is 0 Å². The Kier molecular flexibility index (Phi) is 4.97. The van der Waals surface area contributed by atoms with E-state index >= 15 is 0 Å². The Labute approximate surface area is 147 Å². The van der Waals surface area contributed by atoms with E-state index < -0.39 is 45.2 Å². The monoisotopic (exact) mass is 395 g/mol. The largest absolute Gasteiger partial charge is 0.534 e. The van der Waals surface area contributed by atoms with Gasteiger partial charge in [0.25, 0.3) is 0 Å². The van der Waals surface area contributed by atoms with Gasteiger partial charge in [-0.1, -0.05) is 12.1 Å². The second-order valence-electron chi connectivity index (χ2n) is 6.51. The predicted molar refractivity (Wildman–Crippen MR) is 82.7 cm³/mol. The highest BCUT2D eigenvalue weighted by Gasteiger charge is 2.53. The zero-order valence-electron chi connectivity index (χ0n) is 14.0. The van der Waals surface area contributed by atoms with Gasteiger partial charge in [-0.25, -0.2) is 4.79 Å². The third kappa shape index (κ3) is 4.26. The van der Waals surface area contributed by atoms with Gasteiger partial charge in [-0.3, -0.25) is 4.90 Å². The van der Waals surface area contributed by atoms with E-state index in [4.69, 9.17) is 4.74 Å². The van der Waals surface area contributed by atoms with Crippen molar-refractivity contribution < 1.29 is 40.1 Å². The Bertz CT molecular complexity index is 798. The van der Waals surface area contributed by atoms with Gasteiger partial charge in [-0.15, -0.1) is 0 Å². The van der Waals surface area contributed by atoms with Gasteiger partial charge in [0, 0.05) is 0 Å². The number of benzene rings is 1. The summed E-state index contributed by atoms with van der Waals surface area (Å²) < 4.78 is 68.0. The van der Waals surface area contributed by atoms with E-state index in [9.17, 15) is 31.2 Å². The van der Waals surface area contributed by atoms with Crippen LogP contribution in [0.3, 0.4) is 0 Å². The third-order valence-electron chi connectivity index (χ3n) is 3.31. The fourth-order valence-corrected chi connectivity index (χ4v) is 2.65. The van der Waals surface area contributed by atoms with E-state index in [0.29, 0.717) is 11.8 Å². The molecule has 0 aromatic heterocycles. The Hall–Kier alpha value is -2.30. The van der Waals surface area contributed by atoms with Crippen LogP contribution < -0.4 is 4.18 Å². The van der Waals surface area contributed by atoms with Crippen molar-refractivity contribution in [2.24, 2.45) is 0 Å². The van der Waals surface area contributed by atoms with Crippen LogP contribution in [0.25, 0.3) is 0 Å². The molecule has 1 aromatic rings. The molecule has 11 heteroatoms. The molecule has 1 aromatic carbocycles. The lowest BCUT2D eigenvalue weighted by Gasteiger charge is -2.20. The molecule has 0 unspecified atom stereocenters. The minimum atomic E-state index is -5.77. The quantitative estimate of drug-likeness (QED) is 0.337. The molecular formula is C15H16F3NO6S. The second kappa shape index (κ2) is 6.45. The molecule has 0 N–H and O–H groups in total. The molecule has 2 atom stereocenters. The van der Waals surface area contributed by atoms with Crippen molar-refractivity contribution in [3.05, 3.63) is 29.8 Å². The normalized spacial score (nSPS) is 20.5. The highest BCUT2D eigenvalue weighted by atomic mass is 32.2. The lowest BCUT2D eigenvalue weighted by atomic mass is 10.1. The fourth-order valence-electron chi connectivity index (χ4n) is 2.19. The Morgan fingerprint density at radius 3 is 2.12 bits per heavy atom. The molecule has 1 amide bonds. The lowest BCUT2D eigenvalue weighted by molar-refractivity contribution is -0.108. The second-order valence-corrected chi connectivity index (χ2v) is 8.05. The summed E-state index contributed by atoms with van der Waals surface area (Å²) in [6.45, 7) is 4.98. The first-order valence-electron chi connectivity index (χ1n) is 7.34. The van der Waals surface area contributed by atoms with Crippen molar-refractivity contribution in [1.82, 2.24) is 4.90 Å². The minimum absolute atomic E-state index is 0.421. The van der Waals surface area contributed by atoms with Gasteiger partial charge in [0.1, 0.15) is 23.7 Å². The Balaban J connectivity index is 2.13. The summed E-state index contributed by atoms with van der Waals surface area (Å²) in [7, 11) is -5.77. The highest BCUT2D eigenvalue weighted by molar-refractivity contribution is 7.88. The molecule has 1 fully saturated rings. The maximum Gasteiger partial charge on any atom is 0.534 e. The molecule has 1 aliphatic rings. The summed E-state index contributed by atoms with van der Waals surface area (Å²) >= 11 is 0. The lowest BCUT2D eigenvalue weighted by Crippen LogP contribution is -2.28. The summed E-state index contributed by atoms with van der Waals surface area (Å²) in [6.07, 6.45) is -0.160. The van der Waals surface area contributed by atoms with Gasteiger partial charge in [-0.05, 0) is 38.5 Å². The summed E-state index contributed by atoms with van der Waals surface area (Å²) in [4.78, 5) is 24.3. The number of nitrogens with zero attached hydrogens (tertiary/aromatic N) is 1. The van der Waals surface area contributed by atoms with Gasteiger partial charge in [0.05, 0.1) is 6.04 Å². The molecule has 0 aliphatic carbocycles. The SMILES string of the molecule is CC(C)(C)OC(=O)N1[C@H](C=O)[C@H]1c1ccc(OS(=O)(=O)C(F)(F)F)cc1. The zero-order valence-corrected chi connectivity index (χ0v) is 14.8. The maximum absolute atomic E-state index is 12.3.